The molecule has 0 spiro atoms. The van der Waals surface area contributed by atoms with Gasteiger partial charge < -0.3 is 27.9 Å². The fraction of sp³-hybridized carbons (Fsp3) is 0.931. The van der Waals surface area contributed by atoms with Gasteiger partial charge in [-0.3, -0.25) is 14.2 Å². The first kappa shape index (κ1) is 66.8. The summed E-state index contributed by atoms with van der Waals surface area (Å²) in [6.07, 6.45) is 58.3. The molecule has 2 unspecified atom stereocenters. The van der Waals surface area contributed by atoms with E-state index in [0.29, 0.717) is 17.4 Å². The molecule has 404 valence electrons. The van der Waals surface area contributed by atoms with Crippen LogP contribution in [0.15, 0.2) is 12.2 Å². The topological polar surface area (TPSA) is 111 Å². The SMILES string of the molecule is CCCCCCCC/C=C\CCCCCCCCCCCC(=O)OC(COC(=O)CCCCCCCCCCCCCCCCCCCCCCCCCCC)COP(=O)([O-])OCC[N+](C)(C)C. The van der Waals surface area contributed by atoms with Crippen LogP contribution in [0.1, 0.15) is 296 Å². The monoisotopic (exact) mass is 984 g/mol. The molecule has 0 aromatic heterocycles. The van der Waals surface area contributed by atoms with Crippen LogP contribution in [-0.4, -0.2) is 70.0 Å². The van der Waals surface area contributed by atoms with E-state index < -0.39 is 26.5 Å². The number of nitrogens with zero attached hydrogens (tertiary/aromatic N) is 1. The molecule has 0 saturated heterocycles. The van der Waals surface area contributed by atoms with Crippen molar-refractivity contribution in [2.24, 2.45) is 0 Å². The van der Waals surface area contributed by atoms with Crippen molar-refractivity contribution in [3.63, 3.8) is 0 Å². The summed E-state index contributed by atoms with van der Waals surface area (Å²) < 4.78 is 34.2. The van der Waals surface area contributed by atoms with Gasteiger partial charge in [-0.15, -0.1) is 0 Å². The van der Waals surface area contributed by atoms with E-state index >= 15 is 0 Å². The maximum atomic E-state index is 12.8. The molecule has 0 aromatic rings. The summed E-state index contributed by atoms with van der Waals surface area (Å²) in [6, 6.07) is 0. The highest BCUT2D eigenvalue weighted by Gasteiger charge is 2.22. The number of phosphoric acid groups is 1. The van der Waals surface area contributed by atoms with Crippen molar-refractivity contribution in [1.29, 1.82) is 0 Å². The highest BCUT2D eigenvalue weighted by atomic mass is 31.2. The van der Waals surface area contributed by atoms with Crippen LogP contribution in [0.2, 0.25) is 0 Å². The fourth-order valence-electron chi connectivity index (χ4n) is 8.71. The van der Waals surface area contributed by atoms with Crippen molar-refractivity contribution in [3.05, 3.63) is 12.2 Å². The predicted molar refractivity (Wildman–Crippen MR) is 287 cm³/mol. The molecular weight excluding hydrogens is 870 g/mol. The number of ether oxygens (including phenoxy) is 2. The highest BCUT2D eigenvalue weighted by Crippen LogP contribution is 2.38. The minimum Gasteiger partial charge on any atom is -0.756 e. The molecule has 0 saturated carbocycles. The van der Waals surface area contributed by atoms with Gasteiger partial charge in [0, 0.05) is 12.8 Å². The largest absolute Gasteiger partial charge is 0.756 e. The van der Waals surface area contributed by atoms with E-state index in [-0.39, 0.29) is 32.0 Å². The summed E-state index contributed by atoms with van der Waals surface area (Å²) in [4.78, 5) is 37.8. The molecule has 0 aliphatic heterocycles. The van der Waals surface area contributed by atoms with Crippen LogP contribution < -0.4 is 4.89 Å². The molecule has 0 aromatic carbocycles. The number of likely N-dealkylation sites (N-methyl/N-ethyl adjacent to an activating group) is 1. The summed E-state index contributed by atoms with van der Waals surface area (Å²) in [6.45, 7) is 4.29. The zero-order valence-electron chi connectivity index (χ0n) is 45.8. The van der Waals surface area contributed by atoms with Gasteiger partial charge in [0.25, 0.3) is 7.82 Å². The lowest BCUT2D eigenvalue weighted by Gasteiger charge is -2.28. The van der Waals surface area contributed by atoms with Gasteiger partial charge in [0.05, 0.1) is 27.7 Å². The molecule has 0 rings (SSSR count). The molecule has 9 nitrogen and oxygen atoms in total. The number of quaternary nitrogens is 1. The van der Waals surface area contributed by atoms with Gasteiger partial charge in [0.15, 0.2) is 6.10 Å². The third kappa shape index (κ3) is 54.1. The lowest BCUT2D eigenvalue weighted by molar-refractivity contribution is -0.870. The van der Waals surface area contributed by atoms with Gasteiger partial charge in [0.1, 0.15) is 19.8 Å². The molecule has 0 aliphatic carbocycles. The molecule has 0 fully saturated rings. The molecule has 0 radical (unpaired) electrons. The van der Waals surface area contributed by atoms with Crippen LogP contribution in [0, 0.1) is 0 Å². The van der Waals surface area contributed by atoms with Crippen LogP contribution in [0.4, 0.5) is 0 Å². The maximum absolute atomic E-state index is 12.8. The zero-order chi connectivity index (χ0) is 49.9. The number of carbonyl (C=O) groups excluding carboxylic acids is 2. The maximum Gasteiger partial charge on any atom is 0.306 e. The first-order chi connectivity index (χ1) is 33.0. The van der Waals surface area contributed by atoms with Crippen molar-refractivity contribution >= 4 is 19.8 Å². The normalized spacial score (nSPS) is 13.3. The molecule has 0 aliphatic rings. The number of esters is 2. The van der Waals surface area contributed by atoms with Crippen LogP contribution in [0.3, 0.4) is 0 Å². The van der Waals surface area contributed by atoms with E-state index in [4.69, 9.17) is 18.5 Å². The lowest BCUT2D eigenvalue weighted by Crippen LogP contribution is -2.37. The Bertz CT molecular complexity index is 1160. The molecule has 0 amide bonds. The number of allylic oxidation sites excluding steroid dienone is 2. The molecule has 68 heavy (non-hydrogen) atoms. The second-order valence-electron chi connectivity index (χ2n) is 21.4. The minimum atomic E-state index is -4.63. The number of hydrogen-bond acceptors (Lipinski definition) is 8. The Morgan fingerprint density at radius 1 is 0.441 bits per heavy atom. The van der Waals surface area contributed by atoms with E-state index in [1.54, 1.807) is 0 Å². The third-order valence-corrected chi connectivity index (χ3v) is 14.2. The van der Waals surface area contributed by atoms with Crippen molar-refractivity contribution in [2.45, 2.75) is 302 Å². The molecule has 0 N–H and O–H groups in total. The number of carbonyl (C=O) groups is 2. The van der Waals surface area contributed by atoms with Gasteiger partial charge in [-0.25, -0.2) is 0 Å². The average Bonchev–Trinajstić information content (AvgIpc) is 3.30. The second kappa shape index (κ2) is 50.7. The van der Waals surface area contributed by atoms with E-state index in [0.717, 1.165) is 38.5 Å². The van der Waals surface area contributed by atoms with Crippen LogP contribution >= 0.6 is 7.82 Å². The fourth-order valence-corrected chi connectivity index (χ4v) is 9.44. The zero-order valence-corrected chi connectivity index (χ0v) is 46.7. The summed E-state index contributed by atoms with van der Waals surface area (Å²) in [5.41, 5.74) is 0. The number of hydrogen-bond donors (Lipinski definition) is 0. The third-order valence-electron chi connectivity index (χ3n) is 13.3. The summed E-state index contributed by atoms with van der Waals surface area (Å²) in [5, 5.41) is 0. The van der Waals surface area contributed by atoms with Gasteiger partial charge in [-0.2, -0.15) is 0 Å². The molecular formula is C58H114NO8P. The van der Waals surface area contributed by atoms with E-state index in [2.05, 4.69) is 26.0 Å². The molecule has 2 atom stereocenters. The Morgan fingerprint density at radius 2 is 0.750 bits per heavy atom. The Hall–Kier alpha value is -1.25. The lowest BCUT2D eigenvalue weighted by atomic mass is 10.0. The summed E-state index contributed by atoms with van der Waals surface area (Å²) >= 11 is 0. The standard InChI is InChI=1S/C58H114NO8P/c1-6-8-10-12-14-16-18-20-22-24-26-27-28-29-30-31-33-34-36-38-40-42-44-46-48-50-57(60)64-54-56(55-66-68(62,63)65-53-52-59(3,4)5)67-58(61)51-49-47-45-43-41-39-37-35-32-25-23-21-19-17-15-13-11-9-7-2/h21,23,56H,6-20,22,24-55H2,1-5H3/b23-21-. The number of rotatable bonds is 55. The van der Waals surface area contributed by atoms with Gasteiger partial charge >= 0.3 is 11.9 Å². The first-order valence-corrected chi connectivity index (χ1v) is 30.9. The van der Waals surface area contributed by atoms with Crippen LogP contribution in [-0.2, 0) is 32.7 Å². The van der Waals surface area contributed by atoms with E-state index in [9.17, 15) is 19.0 Å². The Kier molecular flexibility index (Phi) is 49.8. The Balaban J connectivity index is 4.09. The van der Waals surface area contributed by atoms with Gasteiger partial charge in [0.2, 0.25) is 0 Å². The number of phosphoric ester groups is 1. The predicted octanol–water partition coefficient (Wildman–Crippen LogP) is 17.4. The van der Waals surface area contributed by atoms with Gasteiger partial charge in [-0.1, -0.05) is 257 Å². The molecule has 0 heterocycles. The Labute approximate surface area is 422 Å². The van der Waals surface area contributed by atoms with E-state index in [1.165, 1.54) is 225 Å². The van der Waals surface area contributed by atoms with Crippen LogP contribution in [0.5, 0.6) is 0 Å². The van der Waals surface area contributed by atoms with Crippen molar-refractivity contribution in [3.8, 4) is 0 Å². The first-order valence-electron chi connectivity index (χ1n) is 29.4. The van der Waals surface area contributed by atoms with E-state index in [1.807, 2.05) is 21.1 Å². The van der Waals surface area contributed by atoms with Crippen molar-refractivity contribution in [1.82, 2.24) is 0 Å². The minimum absolute atomic E-state index is 0.0275. The number of unbranched alkanes of at least 4 members (excludes halogenated alkanes) is 39. The van der Waals surface area contributed by atoms with Crippen molar-refractivity contribution < 1.29 is 42.1 Å². The Morgan fingerprint density at radius 3 is 1.09 bits per heavy atom. The molecule has 10 heteroatoms. The summed E-state index contributed by atoms with van der Waals surface area (Å²) in [5.74, 6) is -0.817. The average molecular weight is 985 g/mol. The molecule has 0 bridgehead atoms. The van der Waals surface area contributed by atoms with Crippen molar-refractivity contribution in [2.75, 3.05) is 47.5 Å². The second-order valence-corrected chi connectivity index (χ2v) is 22.8. The summed E-state index contributed by atoms with van der Waals surface area (Å²) in [7, 11) is 1.18. The van der Waals surface area contributed by atoms with Gasteiger partial charge in [-0.05, 0) is 38.5 Å². The highest BCUT2D eigenvalue weighted by molar-refractivity contribution is 7.45. The smallest absolute Gasteiger partial charge is 0.306 e. The quantitative estimate of drug-likeness (QED) is 0.0195. The van der Waals surface area contributed by atoms with Crippen LogP contribution in [0.25, 0.3) is 0 Å².